The van der Waals surface area contributed by atoms with E-state index in [2.05, 4.69) is 4.72 Å². The van der Waals surface area contributed by atoms with Crippen LogP contribution in [0, 0.1) is 18.6 Å². The van der Waals surface area contributed by atoms with Crippen LogP contribution in [0.2, 0.25) is 0 Å². The van der Waals surface area contributed by atoms with Gasteiger partial charge in [0.1, 0.15) is 17.4 Å². The molecule has 2 aromatic rings. The highest BCUT2D eigenvalue weighted by atomic mass is 32.2. The number of anilines is 1. The quantitative estimate of drug-likeness (QED) is 0.944. The fourth-order valence-corrected chi connectivity index (χ4v) is 3.04. The minimum atomic E-state index is -4.40. The van der Waals surface area contributed by atoms with Gasteiger partial charge in [0, 0.05) is 0 Å². The molecule has 7 heteroatoms. The standard InChI is InChI=1S/C14H13F2NO3S/c1-9-6-7-13(20-2)12(8-9)17-21(18,19)14-10(15)4-3-5-11(14)16/h3-8,17H,1-2H3. The molecular formula is C14H13F2NO3S. The van der Waals surface area contributed by atoms with Crippen LogP contribution in [0.3, 0.4) is 0 Å². The Morgan fingerprint density at radius 1 is 1.10 bits per heavy atom. The van der Waals surface area contributed by atoms with E-state index < -0.39 is 26.6 Å². The number of hydrogen-bond donors (Lipinski definition) is 1. The van der Waals surface area contributed by atoms with Crippen molar-refractivity contribution in [3.05, 3.63) is 53.6 Å². The Bertz CT molecular complexity index is 756. The van der Waals surface area contributed by atoms with Crippen molar-refractivity contribution in [2.24, 2.45) is 0 Å². The van der Waals surface area contributed by atoms with Crippen molar-refractivity contribution in [1.29, 1.82) is 0 Å². The molecule has 0 aromatic heterocycles. The van der Waals surface area contributed by atoms with Gasteiger partial charge in [-0.3, -0.25) is 4.72 Å². The molecule has 0 heterocycles. The summed E-state index contributed by atoms with van der Waals surface area (Å²) in [6, 6.07) is 7.65. The molecule has 21 heavy (non-hydrogen) atoms. The lowest BCUT2D eigenvalue weighted by atomic mass is 10.2. The second-order valence-electron chi connectivity index (χ2n) is 4.36. The molecule has 112 valence electrons. The first kappa shape index (κ1) is 15.2. The minimum absolute atomic E-state index is 0.111. The van der Waals surface area contributed by atoms with Crippen LogP contribution in [-0.2, 0) is 10.0 Å². The molecule has 1 N–H and O–H groups in total. The van der Waals surface area contributed by atoms with Gasteiger partial charge in [-0.15, -0.1) is 0 Å². The topological polar surface area (TPSA) is 55.4 Å². The molecule has 0 bridgehead atoms. The van der Waals surface area contributed by atoms with Crippen molar-refractivity contribution in [2.45, 2.75) is 11.8 Å². The molecule has 0 amide bonds. The van der Waals surface area contributed by atoms with Gasteiger partial charge in [0.2, 0.25) is 0 Å². The van der Waals surface area contributed by atoms with E-state index in [9.17, 15) is 17.2 Å². The maximum absolute atomic E-state index is 13.6. The monoisotopic (exact) mass is 313 g/mol. The molecule has 0 aliphatic carbocycles. The lowest BCUT2D eigenvalue weighted by molar-refractivity contribution is 0.416. The number of halogens is 2. The maximum Gasteiger partial charge on any atom is 0.267 e. The van der Waals surface area contributed by atoms with Crippen LogP contribution < -0.4 is 9.46 Å². The van der Waals surface area contributed by atoms with Crippen molar-refractivity contribution in [3.8, 4) is 5.75 Å². The first-order valence-electron chi connectivity index (χ1n) is 5.96. The maximum atomic E-state index is 13.6. The molecular weight excluding hydrogens is 300 g/mol. The summed E-state index contributed by atoms with van der Waals surface area (Å²) in [6.07, 6.45) is 0. The normalized spacial score (nSPS) is 11.2. The second-order valence-corrected chi connectivity index (χ2v) is 5.98. The Morgan fingerprint density at radius 3 is 2.29 bits per heavy atom. The third-order valence-electron chi connectivity index (χ3n) is 2.79. The van der Waals surface area contributed by atoms with E-state index in [1.165, 1.54) is 13.2 Å². The van der Waals surface area contributed by atoms with Crippen molar-refractivity contribution in [2.75, 3.05) is 11.8 Å². The third kappa shape index (κ3) is 3.13. The molecule has 0 saturated carbocycles. The lowest BCUT2D eigenvalue weighted by Crippen LogP contribution is -2.17. The second kappa shape index (κ2) is 5.69. The van der Waals surface area contributed by atoms with Crippen LogP contribution >= 0.6 is 0 Å². The van der Waals surface area contributed by atoms with E-state index in [4.69, 9.17) is 4.74 Å². The number of methoxy groups -OCH3 is 1. The summed E-state index contributed by atoms with van der Waals surface area (Å²) >= 11 is 0. The SMILES string of the molecule is COc1ccc(C)cc1NS(=O)(=O)c1c(F)cccc1F. The summed E-state index contributed by atoms with van der Waals surface area (Å²) in [7, 11) is -3.04. The minimum Gasteiger partial charge on any atom is -0.495 e. The predicted octanol–water partition coefficient (Wildman–Crippen LogP) is 3.08. The van der Waals surface area contributed by atoms with Gasteiger partial charge in [-0.25, -0.2) is 17.2 Å². The average Bonchev–Trinajstić information content (AvgIpc) is 2.37. The summed E-state index contributed by atoms with van der Waals surface area (Å²) in [5, 5.41) is 0. The zero-order chi connectivity index (χ0) is 15.6. The summed E-state index contributed by atoms with van der Waals surface area (Å²) in [5.41, 5.74) is 0.877. The number of hydrogen-bond acceptors (Lipinski definition) is 3. The number of benzene rings is 2. The van der Waals surface area contributed by atoms with Crippen LogP contribution in [0.4, 0.5) is 14.5 Å². The molecule has 0 radical (unpaired) electrons. The van der Waals surface area contributed by atoms with Crippen LogP contribution in [0.15, 0.2) is 41.3 Å². The predicted molar refractivity (Wildman–Crippen MR) is 74.9 cm³/mol. The summed E-state index contributed by atoms with van der Waals surface area (Å²) in [4.78, 5) is -1.02. The number of sulfonamides is 1. The Hall–Kier alpha value is -2.15. The van der Waals surface area contributed by atoms with Gasteiger partial charge in [-0.1, -0.05) is 12.1 Å². The van der Waals surface area contributed by atoms with Crippen LogP contribution in [0.25, 0.3) is 0 Å². The molecule has 0 fully saturated rings. The number of aryl methyl sites for hydroxylation is 1. The van der Waals surface area contributed by atoms with Crippen molar-refractivity contribution in [1.82, 2.24) is 0 Å². The number of ether oxygens (including phenoxy) is 1. The smallest absolute Gasteiger partial charge is 0.267 e. The Morgan fingerprint density at radius 2 is 1.71 bits per heavy atom. The van der Waals surface area contributed by atoms with E-state index in [0.29, 0.717) is 0 Å². The fraction of sp³-hybridized carbons (Fsp3) is 0.143. The van der Waals surface area contributed by atoms with Crippen LogP contribution in [0.5, 0.6) is 5.75 Å². The molecule has 0 unspecified atom stereocenters. The number of nitrogens with one attached hydrogen (secondary N) is 1. The fourth-order valence-electron chi connectivity index (χ4n) is 1.84. The molecule has 0 saturated heterocycles. The molecule has 2 rings (SSSR count). The van der Waals surface area contributed by atoms with Gasteiger partial charge in [-0.2, -0.15) is 0 Å². The van der Waals surface area contributed by atoms with Gasteiger partial charge in [-0.05, 0) is 36.8 Å². The van der Waals surface area contributed by atoms with Gasteiger partial charge >= 0.3 is 0 Å². The third-order valence-corrected chi connectivity index (χ3v) is 4.20. The highest BCUT2D eigenvalue weighted by Crippen LogP contribution is 2.29. The van der Waals surface area contributed by atoms with E-state index in [1.807, 2.05) is 0 Å². The average molecular weight is 313 g/mol. The highest BCUT2D eigenvalue weighted by molar-refractivity contribution is 7.92. The van der Waals surface area contributed by atoms with E-state index >= 15 is 0 Å². The highest BCUT2D eigenvalue weighted by Gasteiger charge is 2.24. The van der Waals surface area contributed by atoms with Gasteiger partial charge in [0.15, 0.2) is 4.90 Å². The first-order valence-corrected chi connectivity index (χ1v) is 7.45. The van der Waals surface area contributed by atoms with Crippen LogP contribution in [-0.4, -0.2) is 15.5 Å². The molecule has 0 aliphatic heterocycles. The molecule has 0 spiro atoms. The van der Waals surface area contributed by atoms with E-state index in [0.717, 1.165) is 23.8 Å². The van der Waals surface area contributed by atoms with Gasteiger partial charge in [0.25, 0.3) is 10.0 Å². The number of rotatable bonds is 4. The van der Waals surface area contributed by atoms with E-state index in [1.54, 1.807) is 19.1 Å². The van der Waals surface area contributed by atoms with Crippen molar-refractivity contribution < 1.29 is 21.9 Å². The summed E-state index contributed by atoms with van der Waals surface area (Å²) in [6.45, 7) is 1.75. The van der Waals surface area contributed by atoms with Gasteiger partial charge in [0.05, 0.1) is 12.8 Å². The Labute approximate surface area is 121 Å². The first-order chi connectivity index (χ1) is 9.85. The molecule has 0 aliphatic rings. The zero-order valence-electron chi connectivity index (χ0n) is 11.4. The van der Waals surface area contributed by atoms with Crippen LogP contribution in [0.1, 0.15) is 5.56 Å². The van der Waals surface area contributed by atoms with Gasteiger partial charge < -0.3 is 4.74 Å². The molecule has 0 atom stereocenters. The van der Waals surface area contributed by atoms with E-state index in [-0.39, 0.29) is 11.4 Å². The largest absolute Gasteiger partial charge is 0.495 e. The summed E-state index contributed by atoms with van der Waals surface area (Å²) in [5.74, 6) is -2.07. The zero-order valence-corrected chi connectivity index (χ0v) is 12.2. The molecule has 2 aromatic carbocycles. The van der Waals surface area contributed by atoms with Crippen molar-refractivity contribution >= 4 is 15.7 Å². The lowest BCUT2D eigenvalue weighted by Gasteiger charge is -2.13. The summed E-state index contributed by atoms with van der Waals surface area (Å²) < 4.78 is 58.8. The molecule has 4 nitrogen and oxygen atoms in total. The Kier molecular flexibility index (Phi) is 4.13. The Balaban J connectivity index is 2.50. The van der Waals surface area contributed by atoms with Crippen molar-refractivity contribution in [3.63, 3.8) is 0 Å².